The van der Waals surface area contributed by atoms with Crippen molar-refractivity contribution in [3.05, 3.63) is 87.0 Å². The van der Waals surface area contributed by atoms with Crippen molar-refractivity contribution in [1.82, 2.24) is 0 Å². The van der Waals surface area contributed by atoms with Crippen LogP contribution < -0.4 is 9.47 Å². The lowest BCUT2D eigenvalue weighted by Crippen LogP contribution is -2.06. The first-order valence-electron chi connectivity index (χ1n) is 9.42. The number of nitrogens with zero attached hydrogens (tertiary/aromatic N) is 2. The van der Waals surface area contributed by atoms with Gasteiger partial charge in [-0.3, -0.25) is 15.1 Å². The third kappa shape index (κ3) is 5.05. The third-order valence-electron chi connectivity index (χ3n) is 4.82. The van der Waals surface area contributed by atoms with Crippen molar-refractivity contribution in [1.29, 1.82) is 0 Å². The summed E-state index contributed by atoms with van der Waals surface area (Å²) in [6.45, 7) is 3.96. The van der Waals surface area contributed by atoms with Crippen LogP contribution in [0, 0.1) is 24.0 Å². The summed E-state index contributed by atoms with van der Waals surface area (Å²) in [5.41, 5.74) is 1.70. The Morgan fingerprint density at radius 1 is 1.00 bits per heavy atom. The molecule has 0 N–H and O–H groups in total. The Hall–Kier alpha value is -3.88. The Morgan fingerprint density at radius 3 is 2.38 bits per heavy atom. The maximum atomic E-state index is 12.9. The van der Waals surface area contributed by atoms with Crippen LogP contribution in [0.2, 0.25) is 0 Å². The number of hydrogen-bond donors (Lipinski definition) is 0. The number of aryl methyl sites for hydroxylation is 1. The van der Waals surface area contributed by atoms with Crippen molar-refractivity contribution in [3.63, 3.8) is 0 Å². The van der Waals surface area contributed by atoms with Gasteiger partial charge in [-0.2, -0.15) is 13.2 Å². The molecule has 0 unspecified atom stereocenters. The van der Waals surface area contributed by atoms with E-state index in [2.05, 4.69) is 4.99 Å². The van der Waals surface area contributed by atoms with Gasteiger partial charge >= 0.3 is 11.9 Å². The molecule has 0 aliphatic heterocycles. The van der Waals surface area contributed by atoms with Gasteiger partial charge in [-0.1, -0.05) is 12.1 Å². The number of nitro benzene ring substituents is 1. The minimum absolute atomic E-state index is 0.110. The summed E-state index contributed by atoms with van der Waals surface area (Å²) in [5.74, 6) is 0.0152. The molecular weight excluding hydrogens is 425 g/mol. The molecule has 0 fully saturated rings. The number of nitro groups is 1. The summed E-state index contributed by atoms with van der Waals surface area (Å²) in [4.78, 5) is 14.8. The highest BCUT2D eigenvalue weighted by atomic mass is 19.4. The summed E-state index contributed by atoms with van der Waals surface area (Å²) in [6.07, 6.45) is -3.08. The van der Waals surface area contributed by atoms with E-state index in [9.17, 15) is 23.3 Å². The van der Waals surface area contributed by atoms with Gasteiger partial charge in [0.15, 0.2) is 11.5 Å². The molecule has 9 heteroatoms. The van der Waals surface area contributed by atoms with Crippen LogP contribution in [0.15, 0.2) is 59.6 Å². The smallest absolute Gasteiger partial charge is 0.416 e. The molecule has 3 aromatic carbocycles. The zero-order valence-electron chi connectivity index (χ0n) is 17.4. The summed E-state index contributed by atoms with van der Waals surface area (Å²) in [5, 5.41) is 11.3. The number of methoxy groups -OCH3 is 1. The number of halogens is 3. The first-order valence-corrected chi connectivity index (χ1v) is 9.42. The zero-order valence-corrected chi connectivity index (χ0v) is 17.4. The van der Waals surface area contributed by atoms with Crippen molar-refractivity contribution in [2.45, 2.75) is 20.0 Å². The Kier molecular flexibility index (Phi) is 6.47. The molecule has 0 aliphatic carbocycles. The van der Waals surface area contributed by atoms with Crippen molar-refractivity contribution in [2.24, 2.45) is 4.99 Å². The third-order valence-corrected chi connectivity index (χ3v) is 4.82. The van der Waals surface area contributed by atoms with E-state index in [1.165, 1.54) is 13.2 Å². The number of aliphatic imine (C=N–C) groups is 1. The second-order valence-electron chi connectivity index (χ2n) is 6.93. The van der Waals surface area contributed by atoms with Gasteiger partial charge in [0, 0.05) is 12.3 Å². The molecule has 3 rings (SSSR count). The fourth-order valence-corrected chi connectivity index (χ4v) is 2.91. The van der Waals surface area contributed by atoms with Crippen LogP contribution in [-0.4, -0.2) is 18.2 Å². The first kappa shape index (κ1) is 22.8. The average molecular weight is 444 g/mol. The summed E-state index contributed by atoms with van der Waals surface area (Å²) in [6, 6.07) is 12.6. The molecule has 32 heavy (non-hydrogen) atoms. The molecule has 0 heterocycles. The van der Waals surface area contributed by atoms with E-state index in [0.717, 1.165) is 28.9 Å². The Bertz CT molecular complexity index is 1190. The summed E-state index contributed by atoms with van der Waals surface area (Å²) >= 11 is 0. The maximum absolute atomic E-state index is 12.9. The topological polar surface area (TPSA) is 74.0 Å². The summed E-state index contributed by atoms with van der Waals surface area (Å²) in [7, 11) is 1.38. The van der Waals surface area contributed by atoms with Crippen LogP contribution in [-0.2, 0) is 6.18 Å². The van der Waals surface area contributed by atoms with Gasteiger partial charge in [-0.05, 0) is 66.9 Å². The quantitative estimate of drug-likeness (QED) is 0.239. The van der Waals surface area contributed by atoms with Gasteiger partial charge in [0.25, 0.3) is 0 Å². The fourth-order valence-electron chi connectivity index (χ4n) is 2.91. The number of alkyl halides is 3. The Balaban J connectivity index is 1.91. The molecule has 0 aliphatic rings. The standard InChI is InChI=1S/C23H19F3N2O4/c1-14-5-4-6-18(15(14)2)27-13-16-7-9-21(22(11-16)31-3)32-20-10-8-17(23(24,25)26)12-19(20)28(29)30/h4-13H,1-3H3. The predicted octanol–water partition coefficient (Wildman–Crippen LogP) is 6.78. The van der Waals surface area contributed by atoms with Crippen LogP contribution in [0.1, 0.15) is 22.3 Å². The molecule has 3 aromatic rings. The molecule has 6 nitrogen and oxygen atoms in total. The highest BCUT2D eigenvalue weighted by Gasteiger charge is 2.33. The predicted molar refractivity (Wildman–Crippen MR) is 114 cm³/mol. The van der Waals surface area contributed by atoms with Crippen molar-refractivity contribution in [3.8, 4) is 17.2 Å². The molecule has 0 aromatic heterocycles. The van der Waals surface area contributed by atoms with Crippen molar-refractivity contribution < 1.29 is 27.6 Å². The number of ether oxygens (including phenoxy) is 2. The lowest BCUT2D eigenvalue weighted by Gasteiger charge is -2.12. The van der Waals surface area contributed by atoms with Crippen molar-refractivity contribution in [2.75, 3.05) is 7.11 Å². The van der Waals surface area contributed by atoms with Gasteiger partial charge < -0.3 is 9.47 Å². The monoisotopic (exact) mass is 444 g/mol. The van der Waals surface area contributed by atoms with Crippen LogP contribution in [0.4, 0.5) is 24.5 Å². The molecule has 0 amide bonds. The first-order chi connectivity index (χ1) is 15.1. The SMILES string of the molecule is COc1cc(C=Nc2cccc(C)c2C)ccc1Oc1ccc(C(F)(F)F)cc1[N+](=O)[O-]. The second-order valence-corrected chi connectivity index (χ2v) is 6.93. The van der Waals surface area contributed by atoms with E-state index in [1.807, 2.05) is 32.0 Å². The highest BCUT2D eigenvalue weighted by Crippen LogP contribution is 2.40. The van der Waals surface area contributed by atoms with E-state index < -0.39 is 22.4 Å². The normalized spacial score (nSPS) is 11.6. The average Bonchev–Trinajstić information content (AvgIpc) is 2.74. The van der Waals surface area contributed by atoms with Gasteiger partial charge in [0.05, 0.1) is 23.3 Å². The minimum Gasteiger partial charge on any atom is -0.493 e. The van der Waals surface area contributed by atoms with Crippen LogP contribution in [0.25, 0.3) is 0 Å². The zero-order chi connectivity index (χ0) is 23.5. The molecule has 0 spiro atoms. The molecule has 166 valence electrons. The van der Waals surface area contributed by atoms with E-state index in [-0.39, 0.29) is 17.2 Å². The molecular formula is C23H19F3N2O4. The lowest BCUT2D eigenvalue weighted by molar-refractivity contribution is -0.385. The van der Waals surface area contributed by atoms with E-state index in [4.69, 9.17) is 9.47 Å². The van der Waals surface area contributed by atoms with Gasteiger partial charge in [-0.15, -0.1) is 0 Å². The van der Waals surface area contributed by atoms with Crippen LogP contribution >= 0.6 is 0 Å². The van der Waals surface area contributed by atoms with E-state index in [0.29, 0.717) is 11.6 Å². The van der Waals surface area contributed by atoms with Crippen LogP contribution in [0.3, 0.4) is 0 Å². The number of rotatable bonds is 6. The molecule has 0 atom stereocenters. The fraction of sp³-hybridized carbons (Fsp3) is 0.174. The molecule has 0 radical (unpaired) electrons. The highest BCUT2D eigenvalue weighted by molar-refractivity contribution is 5.83. The van der Waals surface area contributed by atoms with Gasteiger partial charge in [0.1, 0.15) is 0 Å². The molecule has 0 saturated carbocycles. The van der Waals surface area contributed by atoms with E-state index in [1.54, 1.807) is 18.3 Å². The lowest BCUT2D eigenvalue weighted by atomic mass is 10.1. The molecule has 0 saturated heterocycles. The largest absolute Gasteiger partial charge is 0.493 e. The van der Waals surface area contributed by atoms with Gasteiger partial charge in [0.2, 0.25) is 5.75 Å². The second kappa shape index (κ2) is 9.09. The minimum atomic E-state index is -4.71. The van der Waals surface area contributed by atoms with Crippen LogP contribution in [0.5, 0.6) is 17.2 Å². The maximum Gasteiger partial charge on any atom is 0.416 e. The Labute approximate surface area is 182 Å². The number of hydrogen-bond acceptors (Lipinski definition) is 5. The van der Waals surface area contributed by atoms with Crippen molar-refractivity contribution >= 4 is 17.6 Å². The van der Waals surface area contributed by atoms with Gasteiger partial charge in [-0.25, -0.2) is 0 Å². The summed E-state index contributed by atoms with van der Waals surface area (Å²) < 4.78 is 49.5. The number of benzene rings is 3. The van der Waals surface area contributed by atoms with E-state index >= 15 is 0 Å². The Morgan fingerprint density at radius 2 is 1.72 bits per heavy atom. The molecule has 0 bridgehead atoms.